The van der Waals surface area contributed by atoms with Crippen molar-refractivity contribution in [3.8, 4) is 0 Å². The lowest BCUT2D eigenvalue weighted by molar-refractivity contribution is -0.218. The normalized spacial score (nSPS) is 25.8. The fourth-order valence-corrected chi connectivity index (χ4v) is 7.08. The van der Waals surface area contributed by atoms with E-state index in [9.17, 15) is 8.42 Å². The predicted octanol–water partition coefficient (Wildman–Crippen LogP) is 5.19. The number of fused-ring (bicyclic) bond motifs is 1. The molecule has 0 aromatic heterocycles. The van der Waals surface area contributed by atoms with Gasteiger partial charge in [0.2, 0.25) is 0 Å². The lowest BCUT2D eigenvalue weighted by Crippen LogP contribution is -2.65. The predicted molar refractivity (Wildman–Crippen MR) is 165 cm³/mol. The molecule has 1 N–H and O–H groups in total. The van der Waals surface area contributed by atoms with Gasteiger partial charge in [-0.25, -0.2) is 0 Å². The molecule has 44 heavy (non-hydrogen) atoms. The lowest BCUT2D eigenvalue weighted by atomic mass is 9.77. The highest BCUT2D eigenvalue weighted by Gasteiger charge is 2.59. The van der Waals surface area contributed by atoms with Crippen LogP contribution in [0, 0.1) is 5.92 Å². The molecule has 0 bridgehead atoms. The van der Waals surface area contributed by atoms with Crippen molar-refractivity contribution in [2.24, 2.45) is 5.92 Å². The molecule has 4 aromatic rings. The number of rotatable bonds is 13. The Morgan fingerprint density at radius 3 is 1.43 bits per heavy atom. The average Bonchev–Trinajstić information content (AvgIpc) is 3.39. The van der Waals surface area contributed by atoms with E-state index in [-0.39, 0.29) is 13.2 Å². The third kappa shape index (κ3) is 7.80. The molecule has 0 unspecified atom stereocenters. The maximum absolute atomic E-state index is 12.9. The van der Waals surface area contributed by atoms with Crippen molar-refractivity contribution in [1.82, 2.24) is 4.72 Å². The molecule has 0 radical (unpaired) electrons. The van der Waals surface area contributed by atoms with Crippen molar-refractivity contribution < 1.29 is 31.5 Å². The van der Waals surface area contributed by atoms with Crippen LogP contribution in [0.1, 0.15) is 22.3 Å². The fourth-order valence-electron chi connectivity index (χ4n) is 5.86. The van der Waals surface area contributed by atoms with Gasteiger partial charge in [0, 0.05) is 5.92 Å². The van der Waals surface area contributed by atoms with Gasteiger partial charge in [-0.15, -0.1) is 0 Å². The molecule has 1 aliphatic heterocycles. The second-order valence-electron chi connectivity index (χ2n) is 11.1. The summed E-state index contributed by atoms with van der Waals surface area (Å²) in [5.74, 6) is -0.477. The second kappa shape index (κ2) is 14.6. The average molecular weight is 616 g/mol. The van der Waals surface area contributed by atoms with Crippen LogP contribution in [-0.2, 0) is 59.9 Å². The van der Waals surface area contributed by atoms with Crippen molar-refractivity contribution in [2.45, 2.75) is 56.9 Å². The molecule has 1 saturated carbocycles. The molecule has 6 rings (SSSR count). The van der Waals surface area contributed by atoms with Gasteiger partial charge in [-0.3, -0.25) is 4.18 Å². The van der Waals surface area contributed by atoms with E-state index in [1.165, 1.54) is 0 Å². The van der Waals surface area contributed by atoms with Crippen LogP contribution in [0.3, 0.4) is 0 Å². The first-order valence-electron chi connectivity index (χ1n) is 14.8. The summed E-state index contributed by atoms with van der Waals surface area (Å²) in [6.07, 6.45) is -2.73. The van der Waals surface area contributed by atoms with Gasteiger partial charge in [0.25, 0.3) is 0 Å². The van der Waals surface area contributed by atoms with E-state index in [4.69, 9.17) is 23.1 Å². The summed E-state index contributed by atoms with van der Waals surface area (Å²) in [5.41, 5.74) is 3.95. The summed E-state index contributed by atoms with van der Waals surface area (Å²) in [5, 5.41) is 0. The molecule has 9 heteroatoms. The Bertz CT molecular complexity index is 1540. The zero-order valence-electron chi connectivity index (χ0n) is 24.3. The molecule has 2 fully saturated rings. The first-order valence-corrected chi connectivity index (χ1v) is 16.3. The van der Waals surface area contributed by atoms with Gasteiger partial charge in [0.1, 0.15) is 18.3 Å². The smallest absolute Gasteiger partial charge is 0.336 e. The Labute approximate surface area is 259 Å². The lowest BCUT2D eigenvalue weighted by Gasteiger charge is -2.46. The Morgan fingerprint density at radius 2 is 0.955 bits per heavy atom. The van der Waals surface area contributed by atoms with Crippen molar-refractivity contribution in [1.29, 1.82) is 0 Å². The number of hydrogen-bond acceptors (Lipinski definition) is 7. The molecule has 8 nitrogen and oxygen atoms in total. The van der Waals surface area contributed by atoms with Crippen LogP contribution in [0.5, 0.6) is 0 Å². The van der Waals surface area contributed by atoms with E-state index >= 15 is 0 Å². The minimum absolute atomic E-state index is 0.198. The number of nitrogens with one attached hydrogen (secondary N) is 1. The largest absolute Gasteiger partial charge is 0.376 e. The quantitative estimate of drug-likeness (QED) is 0.221. The highest BCUT2D eigenvalue weighted by Crippen LogP contribution is 2.39. The summed E-state index contributed by atoms with van der Waals surface area (Å²) < 4.78 is 60.3. The van der Waals surface area contributed by atoms with Gasteiger partial charge in [0.05, 0.1) is 45.2 Å². The Hall–Kier alpha value is -3.41. The van der Waals surface area contributed by atoms with E-state index in [1.807, 2.05) is 121 Å². The van der Waals surface area contributed by atoms with Crippen LogP contribution in [0.15, 0.2) is 121 Å². The minimum atomic E-state index is -4.03. The maximum atomic E-state index is 12.9. The van der Waals surface area contributed by atoms with Crippen LogP contribution in [0.4, 0.5) is 0 Å². The van der Waals surface area contributed by atoms with Gasteiger partial charge >= 0.3 is 10.3 Å². The van der Waals surface area contributed by atoms with Crippen molar-refractivity contribution in [3.05, 3.63) is 144 Å². The first kappa shape index (κ1) is 30.6. The molecule has 0 spiro atoms. The topological polar surface area (TPSA) is 92.3 Å². The molecule has 1 saturated heterocycles. The van der Waals surface area contributed by atoms with Crippen LogP contribution in [-0.4, -0.2) is 45.5 Å². The van der Waals surface area contributed by atoms with Crippen molar-refractivity contribution in [3.63, 3.8) is 0 Å². The van der Waals surface area contributed by atoms with E-state index in [0.29, 0.717) is 19.8 Å². The minimum Gasteiger partial charge on any atom is -0.376 e. The second-order valence-corrected chi connectivity index (χ2v) is 12.4. The Morgan fingerprint density at radius 1 is 0.545 bits per heavy atom. The fraction of sp³-hybridized carbons (Fsp3) is 0.314. The molecule has 4 aromatic carbocycles. The van der Waals surface area contributed by atoms with Crippen LogP contribution in [0.2, 0.25) is 0 Å². The third-order valence-corrected chi connectivity index (χ3v) is 9.03. The molecule has 1 aliphatic carbocycles. The van der Waals surface area contributed by atoms with E-state index in [0.717, 1.165) is 22.3 Å². The SMILES string of the molecule is O=S1(=O)N[C@H]2[C@@H](O1)[C@H](COCc1ccccc1)[C@@H](OCc1ccccc1)[C@H](OCc1ccccc1)[C@H]2OCc1ccccc1. The number of benzene rings is 4. The van der Waals surface area contributed by atoms with E-state index < -0.39 is 46.7 Å². The zero-order chi connectivity index (χ0) is 30.2. The van der Waals surface area contributed by atoms with Gasteiger partial charge < -0.3 is 18.9 Å². The van der Waals surface area contributed by atoms with Gasteiger partial charge in [0.15, 0.2) is 0 Å². The summed E-state index contributed by atoms with van der Waals surface area (Å²) in [6.45, 7) is 1.43. The van der Waals surface area contributed by atoms with Crippen LogP contribution >= 0.6 is 0 Å². The van der Waals surface area contributed by atoms with Gasteiger partial charge in [-0.1, -0.05) is 121 Å². The molecule has 6 atom stereocenters. The molecule has 230 valence electrons. The Balaban J connectivity index is 1.32. The summed E-state index contributed by atoms with van der Waals surface area (Å²) >= 11 is 0. The first-order chi connectivity index (χ1) is 21.6. The summed E-state index contributed by atoms with van der Waals surface area (Å²) in [6, 6.07) is 38.6. The summed E-state index contributed by atoms with van der Waals surface area (Å²) in [4.78, 5) is 0. The van der Waals surface area contributed by atoms with Gasteiger partial charge in [-0.05, 0) is 22.3 Å². The zero-order valence-corrected chi connectivity index (χ0v) is 25.1. The van der Waals surface area contributed by atoms with E-state index in [2.05, 4.69) is 4.72 Å². The van der Waals surface area contributed by atoms with Gasteiger partial charge in [-0.2, -0.15) is 13.1 Å². The molecular weight excluding hydrogens is 578 g/mol. The molecule has 0 amide bonds. The maximum Gasteiger partial charge on any atom is 0.336 e. The standard InChI is InChI=1S/C35H37NO7S/c37-44(38)36-31-32(43-44)30(25-39-21-26-13-5-1-6-14-26)33(40-22-27-15-7-2-8-16-27)35(42-24-29-19-11-4-12-20-29)34(31)41-23-28-17-9-3-10-18-28/h1-20,30-36H,21-25H2/t30-,31-,32-,33+,34-,35-/m0/s1. The summed E-state index contributed by atoms with van der Waals surface area (Å²) in [7, 11) is -4.03. The van der Waals surface area contributed by atoms with Crippen LogP contribution < -0.4 is 4.72 Å². The number of hydrogen-bond donors (Lipinski definition) is 1. The monoisotopic (exact) mass is 615 g/mol. The highest BCUT2D eigenvalue weighted by molar-refractivity contribution is 7.85. The molecule has 2 aliphatic rings. The molecular formula is C35H37NO7S. The third-order valence-electron chi connectivity index (χ3n) is 8.00. The highest BCUT2D eigenvalue weighted by atomic mass is 32.2. The molecule has 1 heterocycles. The van der Waals surface area contributed by atoms with Crippen molar-refractivity contribution in [2.75, 3.05) is 6.61 Å². The van der Waals surface area contributed by atoms with Crippen molar-refractivity contribution >= 4 is 10.3 Å². The number of ether oxygens (including phenoxy) is 4. The van der Waals surface area contributed by atoms with E-state index in [1.54, 1.807) is 0 Å². The Kier molecular flexibility index (Phi) is 10.1. The van der Waals surface area contributed by atoms with Crippen LogP contribution in [0.25, 0.3) is 0 Å².